The molecular weight excluding hydrogens is 520 g/mol. The van der Waals surface area contributed by atoms with E-state index in [-0.39, 0.29) is 25.0 Å². The van der Waals surface area contributed by atoms with Gasteiger partial charge in [0, 0.05) is 55.5 Å². The van der Waals surface area contributed by atoms with E-state index in [9.17, 15) is 14.4 Å². The van der Waals surface area contributed by atoms with Crippen molar-refractivity contribution in [2.75, 3.05) is 47.0 Å². The fourth-order valence-corrected chi connectivity index (χ4v) is 6.10. The molecular formula is C27H34N6O5S. The Kier molecular flexibility index (Phi) is 8.15. The van der Waals surface area contributed by atoms with Crippen molar-refractivity contribution in [3.8, 4) is 0 Å². The minimum absolute atomic E-state index is 0.141. The molecule has 4 heterocycles. The van der Waals surface area contributed by atoms with Crippen LogP contribution < -0.4 is 10.6 Å². The summed E-state index contributed by atoms with van der Waals surface area (Å²) in [6.45, 7) is 4.70. The van der Waals surface area contributed by atoms with Crippen molar-refractivity contribution in [2.24, 2.45) is 0 Å². The zero-order valence-corrected chi connectivity index (χ0v) is 23.2. The number of carbonyl (C=O) groups excluding carboxylic acids is 3. The molecule has 208 valence electrons. The molecule has 1 fully saturated rings. The fraction of sp³-hybridized carbons (Fsp3) is 0.481. The van der Waals surface area contributed by atoms with Gasteiger partial charge in [0.05, 0.1) is 24.4 Å². The smallest absolute Gasteiger partial charge is 0.409 e. The highest BCUT2D eigenvalue weighted by Gasteiger charge is 2.35. The van der Waals surface area contributed by atoms with Gasteiger partial charge in [-0.05, 0) is 38.6 Å². The molecule has 0 aliphatic carbocycles. The van der Waals surface area contributed by atoms with Gasteiger partial charge in [-0.3, -0.25) is 9.59 Å². The van der Waals surface area contributed by atoms with Gasteiger partial charge in [-0.15, -0.1) is 11.3 Å². The molecule has 3 amide bonds. The van der Waals surface area contributed by atoms with Crippen LogP contribution in [0.5, 0.6) is 0 Å². The Morgan fingerprint density at radius 2 is 1.95 bits per heavy atom. The summed E-state index contributed by atoms with van der Waals surface area (Å²) in [5, 5.41) is 7.47. The monoisotopic (exact) mass is 554 g/mol. The number of rotatable bonds is 7. The van der Waals surface area contributed by atoms with Gasteiger partial charge in [-0.1, -0.05) is 11.6 Å². The Morgan fingerprint density at radius 1 is 1.13 bits per heavy atom. The zero-order valence-electron chi connectivity index (χ0n) is 22.4. The van der Waals surface area contributed by atoms with E-state index in [4.69, 9.17) is 9.47 Å². The molecule has 0 saturated carbocycles. The number of thiazole rings is 1. The normalized spacial score (nSPS) is 19.5. The maximum Gasteiger partial charge on any atom is 0.409 e. The van der Waals surface area contributed by atoms with Crippen LogP contribution in [-0.4, -0.2) is 96.8 Å². The van der Waals surface area contributed by atoms with E-state index in [1.54, 1.807) is 4.90 Å². The van der Waals surface area contributed by atoms with E-state index >= 15 is 0 Å². The molecule has 2 aromatic heterocycles. The molecule has 3 N–H and O–H groups in total. The number of ether oxygens (including phenoxy) is 2. The molecule has 0 spiro atoms. The van der Waals surface area contributed by atoms with Crippen LogP contribution in [0.4, 0.5) is 4.79 Å². The van der Waals surface area contributed by atoms with Crippen molar-refractivity contribution in [1.82, 2.24) is 30.4 Å². The highest BCUT2D eigenvalue weighted by Crippen LogP contribution is 2.25. The Hall–Kier alpha value is -3.48. The van der Waals surface area contributed by atoms with E-state index in [1.807, 2.05) is 38.2 Å². The van der Waals surface area contributed by atoms with E-state index in [1.165, 1.54) is 18.4 Å². The quantitative estimate of drug-likeness (QED) is 0.382. The van der Waals surface area contributed by atoms with Crippen LogP contribution >= 0.6 is 11.3 Å². The third-order valence-electron chi connectivity index (χ3n) is 7.15. The first-order valence-electron chi connectivity index (χ1n) is 13.1. The average Bonchev–Trinajstić information content (AvgIpc) is 3.53. The lowest BCUT2D eigenvalue weighted by Crippen LogP contribution is -2.61. The van der Waals surface area contributed by atoms with Crippen molar-refractivity contribution in [3.63, 3.8) is 0 Å². The standard InChI is InChI=1S/C27H34N6O5S/c1-16-4-5-18-17(12-16)13-21(28-18)24(34)29-19-7-9-33(27(36)38-11-10-37-3)14-22(19)30-25(35)26-31-20-6-8-32(2)15-23(20)39-26/h4-5,12-13,19,22,28H,6-11,14-15H2,1-3H3,(H,29,34)(H,30,35)/t19-,22+/m0/s1. The number of likely N-dealkylation sites (N-methyl/N-ethyl adjacent to an activating group) is 1. The third-order valence-corrected chi connectivity index (χ3v) is 8.24. The van der Waals surface area contributed by atoms with E-state index in [0.29, 0.717) is 30.3 Å². The van der Waals surface area contributed by atoms with E-state index in [2.05, 4.69) is 25.5 Å². The average molecular weight is 555 g/mol. The Labute approximate surface area is 230 Å². The molecule has 2 aliphatic heterocycles. The first kappa shape index (κ1) is 27.1. The summed E-state index contributed by atoms with van der Waals surface area (Å²) in [4.78, 5) is 51.8. The van der Waals surface area contributed by atoms with Crippen LogP contribution in [-0.2, 0) is 22.4 Å². The number of benzene rings is 1. The van der Waals surface area contributed by atoms with Crippen LogP contribution in [0.3, 0.4) is 0 Å². The molecule has 0 radical (unpaired) electrons. The van der Waals surface area contributed by atoms with Crippen LogP contribution in [0.1, 0.15) is 42.8 Å². The van der Waals surface area contributed by atoms with Crippen LogP contribution in [0.25, 0.3) is 10.9 Å². The highest BCUT2D eigenvalue weighted by atomic mass is 32.1. The van der Waals surface area contributed by atoms with Crippen molar-refractivity contribution < 1.29 is 23.9 Å². The molecule has 39 heavy (non-hydrogen) atoms. The fourth-order valence-electron chi connectivity index (χ4n) is 5.01. The lowest BCUT2D eigenvalue weighted by atomic mass is 9.99. The topological polar surface area (TPSA) is 129 Å². The molecule has 3 aromatic rings. The molecule has 0 bridgehead atoms. The molecule has 2 aliphatic rings. The van der Waals surface area contributed by atoms with E-state index < -0.39 is 18.2 Å². The second kappa shape index (κ2) is 11.7. The summed E-state index contributed by atoms with van der Waals surface area (Å²) in [5.41, 5.74) is 3.40. The van der Waals surface area contributed by atoms with Gasteiger partial charge in [-0.25, -0.2) is 9.78 Å². The first-order chi connectivity index (χ1) is 18.8. The van der Waals surface area contributed by atoms with Gasteiger partial charge in [0.15, 0.2) is 5.01 Å². The van der Waals surface area contributed by atoms with Gasteiger partial charge in [0.2, 0.25) is 0 Å². The maximum absolute atomic E-state index is 13.3. The number of H-pyrrole nitrogens is 1. The molecule has 12 heteroatoms. The van der Waals surface area contributed by atoms with Crippen molar-refractivity contribution in [3.05, 3.63) is 51.1 Å². The first-order valence-corrected chi connectivity index (χ1v) is 13.9. The second-order valence-corrected chi connectivity index (χ2v) is 11.2. The van der Waals surface area contributed by atoms with Crippen LogP contribution in [0.2, 0.25) is 0 Å². The number of likely N-dealkylation sites (tertiary alicyclic amines) is 1. The largest absolute Gasteiger partial charge is 0.447 e. The molecule has 2 atom stereocenters. The van der Waals surface area contributed by atoms with Gasteiger partial charge < -0.3 is 34.9 Å². The maximum atomic E-state index is 13.3. The number of nitrogens with zero attached hydrogens (tertiary/aromatic N) is 3. The predicted octanol–water partition coefficient (Wildman–Crippen LogP) is 2.31. The molecule has 11 nitrogen and oxygen atoms in total. The zero-order chi connectivity index (χ0) is 27.5. The summed E-state index contributed by atoms with van der Waals surface area (Å²) in [7, 11) is 3.59. The number of aromatic amines is 1. The number of methoxy groups -OCH3 is 1. The van der Waals surface area contributed by atoms with Crippen molar-refractivity contribution in [2.45, 2.75) is 38.4 Å². The molecule has 1 saturated heterocycles. The van der Waals surface area contributed by atoms with Gasteiger partial charge in [0.25, 0.3) is 11.8 Å². The SMILES string of the molecule is COCCOC(=O)N1CC[C@H](NC(=O)c2cc3cc(C)ccc3[nH]2)[C@H](NC(=O)c2nc3c(s2)CN(C)CC3)C1. The number of carbonyl (C=O) groups is 3. The van der Waals surface area contributed by atoms with Crippen LogP contribution in [0.15, 0.2) is 24.3 Å². The number of aromatic nitrogens is 2. The summed E-state index contributed by atoms with van der Waals surface area (Å²) in [5.74, 6) is -0.575. The minimum atomic E-state index is -0.527. The Bertz CT molecular complexity index is 1370. The molecule has 1 aromatic carbocycles. The number of fused-ring (bicyclic) bond motifs is 2. The Balaban J connectivity index is 1.31. The van der Waals surface area contributed by atoms with Gasteiger partial charge >= 0.3 is 6.09 Å². The summed E-state index contributed by atoms with van der Waals surface area (Å²) in [6, 6.07) is 6.86. The number of aryl methyl sites for hydroxylation is 1. The number of nitrogens with one attached hydrogen (secondary N) is 3. The van der Waals surface area contributed by atoms with Crippen molar-refractivity contribution >= 4 is 40.1 Å². The summed E-state index contributed by atoms with van der Waals surface area (Å²) >= 11 is 1.40. The number of piperidine rings is 1. The van der Waals surface area contributed by atoms with Crippen LogP contribution in [0, 0.1) is 6.92 Å². The molecule has 5 rings (SSSR count). The Morgan fingerprint density at radius 3 is 2.77 bits per heavy atom. The summed E-state index contributed by atoms with van der Waals surface area (Å²) in [6.07, 6.45) is 0.784. The minimum Gasteiger partial charge on any atom is -0.447 e. The number of hydrogen-bond acceptors (Lipinski definition) is 8. The van der Waals surface area contributed by atoms with Gasteiger partial charge in [-0.2, -0.15) is 0 Å². The highest BCUT2D eigenvalue weighted by molar-refractivity contribution is 7.13. The lowest BCUT2D eigenvalue weighted by molar-refractivity contribution is 0.0564. The van der Waals surface area contributed by atoms with Crippen molar-refractivity contribution in [1.29, 1.82) is 0 Å². The van der Waals surface area contributed by atoms with E-state index in [0.717, 1.165) is 46.5 Å². The molecule has 0 unspecified atom stereocenters. The van der Waals surface area contributed by atoms with Gasteiger partial charge in [0.1, 0.15) is 12.3 Å². The predicted molar refractivity (Wildman–Crippen MR) is 147 cm³/mol. The third kappa shape index (κ3) is 6.23. The second-order valence-electron chi connectivity index (χ2n) is 10.2. The number of amides is 3. The summed E-state index contributed by atoms with van der Waals surface area (Å²) < 4.78 is 10.3. The lowest BCUT2D eigenvalue weighted by Gasteiger charge is -2.38. The number of hydrogen-bond donors (Lipinski definition) is 3.